The molecule has 8 nitrogen and oxygen atoms in total. The molecule has 42 heavy (non-hydrogen) atoms. The van der Waals surface area contributed by atoms with E-state index in [1.807, 2.05) is 0 Å². The largest absolute Gasteiger partial charge is 0.493 e. The molecule has 0 unspecified atom stereocenters. The molecule has 10 heteroatoms. The van der Waals surface area contributed by atoms with Crippen LogP contribution in [0.3, 0.4) is 0 Å². The van der Waals surface area contributed by atoms with E-state index in [-0.39, 0.29) is 17.0 Å². The van der Waals surface area contributed by atoms with Crippen LogP contribution in [0.1, 0.15) is 41.4 Å². The lowest BCUT2D eigenvalue weighted by atomic mass is 10.0. The zero-order valence-corrected chi connectivity index (χ0v) is 23.4. The maximum Gasteiger partial charge on any atom is 0.342 e. The van der Waals surface area contributed by atoms with E-state index in [4.69, 9.17) is 18.9 Å². The summed E-state index contributed by atoms with van der Waals surface area (Å²) >= 11 is 0. The van der Waals surface area contributed by atoms with Crippen molar-refractivity contribution >= 4 is 23.4 Å². The van der Waals surface area contributed by atoms with Crippen molar-refractivity contribution in [1.29, 1.82) is 0 Å². The Morgan fingerprint density at radius 3 is 1.67 bits per heavy atom. The predicted octanol–water partition coefficient (Wildman–Crippen LogP) is 7.36. The zero-order chi connectivity index (χ0) is 30.2. The standard InChI is InChI=1S/C32H30F2N2O6/c1-19(2)41-31(37)26-17-24(35-32(38)36-25-14-16-28(39-3)29(18-25)40-4)13-15-27(26)42-30(20-5-9-22(33)10-6-20)21-7-11-23(34)12-8-21/h5-19,30H,1-4H3,(H2,35,36,38). The fraction of sp³-hybridized carbons (Fsp3) is 0.188. The number of halogens is 2. The number of hydrogen-bond acceptors (Lipinski definition) is 6. The molecule has 0 fully saturated rings. The Morgan fingerprint density at radius 2 is 1.17 bits per heavy atom. The second-order valence-corrected chi connectivity index (χ2v) is 9.41. The van der Waals surface area contributed by atoms with Gasteiger partial charge in [0.25, 0.3) is 0 Å². The first-order chi connectivity index (χ1) is 20.2. The summed E-state index contributed by atoms with van der Waals surface area (Å²) in [5.41, 5.74) is 1.93. The van der Waals surface area contributed by atoms with Gasteiger partial charge in [0.2, 0.25) is 0 Å². The van der Waals surface area contributed by atoms with Crippen molar-refractivity contribution in [2.75, 3.05) is 24.9 Å². The predicted molar refractivity (Wildman–Crippen MR) is 154 cm³/mol. The van der Waals surface area contributed by atoms with E-state index in [9.17, 15) is 18.4 Å². The van der Waals surface area contributed by atoms with Gasteiger partial charge in [-0.25, -0.2) is 18.4 Å². The Morgan fingerprint density at radius 1 is 0.667 bits per heavy atom. The van der Waals surface area contributed by atoms with Crippen molar-refractivity contribution in [1.82, 2.24) is 0 Å². The van der Waals surface area contributed by atoms with Crippen LogP contribution in [0, 0.1) is 11.6 Å². The normalized spacial score (nSPS) is 10.8. The van der Waals surface area contributed by atoms with Crippen LogP contribution in [0.15, 0.2) is 84.9 Å². The lowest BCUT2D eigenvalue weighted by molar-refractivity contribution is 0.0372. The second-order valence-electron chi connectivity index (χ2n) is 9.41. The van der Waals surface area contributed by atoms with Crippen molar-refractivity contribution in [2.24, 2.45) is 0 Å². The van der Waals surface area contributed by atoms with E-state index in [0.717, 1.165) is 0 Å². The molecular formula is C32H30F2N2O6. The molecular weight excluding hydrogens is 546 g/mol. The van der Waals surface area contributed by atoms with Crippen molar-refractivity contribution in [3.63, 3.8) is 0 Å². The summed E-state index contributed by atoms with van der Waals surface area (Å²) < 4.78 is 49.6. The molecule has 0 saturated carbocycles. The Kier molecular flexibility index (Phi) is 9.59. The van der Waals surface area contributed by atoms with Gasteiger partial charge in [0.1, 0.15) is 29.1 Å². The van der Waals surface area contributed by atoms with Gasteiger partial charge in [-0.05, 0) is 79.6 Å². The third-order valence-electron chi connectivity index (χ3n) is 6.03. The number of ether oxygens (including phenoxy) is 4. The molecule has 2 N–H and O–H groups in total. The van der Waals surface area contributed by atoms with E-state index >= 15 is 0 Å². The van der Waals surface area contributed by atoms with E-state index < -0.39 is 35.8 Å². The van der Waals surface area contributed by atoms with Crippen molar-refractivity contribution in [3.05, 3.63) is 113 Å². The number of methoxy groups -OCH3 is 2. The highest BCUT2D eigenvalue weighted by atomic mass is 19.1. The monoisotopic (exact) mass is 576 g/mol. The van der Waals surface area contributed by atoms with Gasteiger partial charge < -0.3 is 29.6 Å². The third-order valence-corrected chi connectivity index (χ3v) is 6.03. The lowest BCUT2D eigenvalue weighted by Gasteiger charge is -2.22. The van der Waals surface area contributed by atoms with Crippen LogP contribution in [0.2, 0.25) is 0 Å². The first-order valence-electron chi connectivity index (χ1n) is 13.0. The smallest absolute Gasteiger partial charge is 0.342 e. The highest BCUT2D eigenvalue weighted by molar-refractivity contribution is 6.01. The van der Waals surface area contributed by atoms with E-state index in [1.165, 1.54) is 50.6 Å². The molecule has 2 amide bonds. The molecule has 0 aliphatic rings. The van der Waals surface area contributed by atoms with Crippen molar-refractivity contribution in [2.45, 2.75) is 26.1 Å². The van der Waals surface area contributed by atoms with Crippen LogP contribution in [0.25, 0.3) is 0 Å². The van der Waals surface area contributed by atoms with Gasteiger partial charge in [-0.2, -0.15) is 0 Å². The number of rotatable bonds is 10. The molecule has 0 atom stereocenters. The van der Waals surface area contributed by atoms with Crippen molar-refractivity contribution < 1.29 is 37.3 Å². The van der Waals surface area contributed by atoms with Gasteiger partial charge in [0, 0.05) is 17.4 Å². The topological polar surface area (TPSA) is 95.1 Å². The number of urea groups is 1. The number of amides is 2. The molecule has 0 aromatic heterocycles. The quantitative estimate of drug-likeness (QED) is 0.192. The fourth-order valence-electron chi connectivity index (χ4n) is 4.09. The third kappa shape index (κ3) is 7.54. The first kappa shape index (κ1) is 29.9. The molecule has 0 saturated heterocycles. The number of carbonyl (C=O) groups is 2. The van der Waals surface area contributed by atoms with E-state index in [2.05, 4.69) is 10.6 Å². The summed E-state index contributed by atoms with van der Waals surface area (Å²) in [6.45, 7) is 3.41. The van der Waals surface area contributed by atoms with Crippen LogP contribution in [-0.2, 0) is 4.74 Å². The van der Waals surface area contributed by atoms with E-state index in [1.54, 1.807) is 62.4 Å². The minimum atomic E-state index is -0.816. The average molecular weight is 577 g/mol. The van der Waals surface area contributed by atoms with Crippen LogP contribution < -0.4 is 24.8 Å². The number of benzene rings is 4. The van der Waals surface area contributed by atoms with Gasteiger partial charge in [-0.15, -0.1) is 0 Å². The molecule has 0 radical (unpaired) electrons. The zero-order valence-electron chi connectivity index (χ0n) is 23.4. The molecule has 0 heterocycles. The minimum Gasteiger partial charge on any atom is -0.493 e. The van der Waals surface area contributed by atoms with Gasteiger partial charge in [-0.3, -0.25) is 0 Å². The van der Waals surface area contributed by atoms with Crippen LogP contribution in [0.4, 0.5) is 25.0 Å². The van der Waals surface area contributed by atoms with Gasteiger partial charge in [0.05, 0.1) is 20.3 Å². The van der Waals surface area contributed by atoms with E-state index in [0.29, 0.717) is 28.3 Å². The van der Waals surface area contributed by atoms with Gasteiger partial charge in [0.15, 0.2) is 11.5 Å². The Bertz CT molecular complexity index is 1500. The first-order valence-corrected chi connectivity index (χ1v) is 13.0. The van der Waals surface area contributed by atoms with Crippen molar-refractivity contribution in [3.8, 4) is 17.2 Å². The van der Waals surface area contributed by atoms with Crippen LogP contribution in [-0.4, -0.2) is 32.3 Å². The highest BCUT2D eigenvalue weighted by Gasteiger charge is 2.23. The summed E-state index contributed by atoms with van der Waals surface area (Å²) in [6.07, 6.45) is -1.25. The highest BCUT2D eigenvalue weighted by Crippen LogP contribution is 2.33. The van der Waals surface area contributed by atoms with Crippen LogP contribution >= 0.6 is 0 Å². The summed E-state index contributed by atoms with van der Waals surface area (Å²) in [6, 6.07) is 20.2. The molecule has 0 aliphatic carbocycles. The Labute approximate surface area is 242 Å². The maximum atomic E-state index is 13.7. The maximum absolute atomic E-state index is 13.7. The lowest BCUT2D eigenvalue weighted by Crippen LogP contribution is -2.20. The Balaban J connectivity index is 1.63. The second kappa shape index (κ2) is 13.5. The number of esters is 1. The molecule has 0 aliphatic heterocycles. The molecule has 0 bridgehead atoms. The SMILES string of the molecule is COc1ccc(NC(=O)Nc2ccc(OC(c3ccc(F)cc3)c3ccc(F)cc3)c(C(=O)OC(C)C)c2)cc1OC. The molecule has 218 valence electrons. The van der Waals surface area contributed by atoms with Crippen LogP contribution in [0.5, 0.6) is 17.2 Å². The molecule has 4 aromatic rings. The summed E-state index contributed by atoms with van der Waals surface area (Å²) in [5.74, 6) is -0.454. The van der Waals surface area contributed by atoms with Gasteiger partial charge >= 0.3 is 12.0 Å². The number of hydrogen-bond donors (Lipinski definition) is 2. The average Bonchev–Trinajstić information content (AvgIpc) is 2.97. The minimum absolute atomic E-state index is 0.0434. The number of anilines is 2. The number of nitrogens with one attached hydrogen (secondary N) is 2. The Hall–Kier alpha value is -5.12. The molecule has 0 spiro atoms. The summed E-state index contributed by atoms with van der Waals surface area (Å²) in [7, 11) is 2.99. The number of carbonyl (C=O) groups excluding carboxylic acids is 2. The summed E-state index contributed by atoms with van der Waals surface area (Å²) in [4.78, 5) is 25.9. The fourth-order valence-corrected chi connectivity index (χ4v) is 4.09. The molecule has 4 rings (SSSR count). The molecule has 4 aromatic carbocycles. The summed E-state index contributed by atoms with van der Waals surface area (Å²) in [5, 5.41) is 5.39. The van der Waals surface area contributed by atoms with Gasteiger partial charge in [-0.1, -0.05) is 24.3 Å².